The van der Waals surface area contributed by atoms with Crippen LogP contribution in [0.3, 0.4) is 0 Å². The van der Waals surface area contributed by atoms with E-state index in [-0.39, 0.29) is 34.9 Å². The van der Waals surface area contributed by atoms with Crippen molar-refractivity contribution in [2.45, 2.75) is 82.0 Å². The van der Waals surface area contributed by atoms with Gasteiger partial charge in [0.15, 0.2) is 0 Å². The van der Waals surface area contributed by atoms with Gasteiger partial charge < -0.3 is 14.2 Å². The van der Waals surface area contributed by atoms with Crippen molar-refractivity contribution in [1.29, 1.82) is 0 Å². The van der Waals surface area contributed by atoms with Crippen LogP contribution in [0.1, 0.15) is 69.7 Å². The molecule has 7 nitrogen and oxygen atoms in total. The zero-order valence-electron chi connectivity index (χ0n) is 20.0. The Kier molecular flexibility index (Phi) is 8.00. The third-order valence-corrected chi connectivity index (χ3v) is 8.50. The second-order valence-corrected chi connectivity index (χ2v) is 12.0. The Morgan fingerprint density at radius 1 is 1.24 bits per heavy atom. The summed E-state index contributed by atoms with van der Waals surface area (Å²) in [5.41, 5.74) is 1.34. The minimum absolute atomic E-state index is 0.0304. The van der Waals surface area contributed by atoms with Gasteiger partial charge in [-0.1, -0.05) is 36.6 Å². The Bertz CT molecular complexity index is 1100. The van der Waals surface area contributed by atoms with Gasteiger partial charge in [0.2, 0.25) is 20.9 Å². The van der Waals surface area contributed by atoms with Crippen LogP contribution in [0.5, 0.6) is 0 Å². The third kappa shape index (κ3) is 5.83. The van der Waals surface area contributed by atoms with E-state index >= 15 is 0 Å². The number of benzene rings is 1. The molecule has 9 heteroatoms. The number of halogens is 1. The third-order valence-electron chi connectivity index (χ3n) is 6.70. The minimum atomic E-state index is -3.71. The molecule has 4 rings (SSSR count). The van der Waals surface area contributed by atoms with E-state index in [0.29, 0.717) is 23.7 Å². The van der Waals surface area contributed by atoms with E-state index in [9.17, 15) is 13.2 Å². The highest BCUT2D eigenvalue weighted by atomic mass is 35.5. The molecule has 0 bridgehead atoms. The molecule has 0 radical (unpaired) electrons. The Morgan fingerprint density at radius 3 is 2.65 bits per heavy atom. The number of sulfone groups is 1. The van der Waals surface area contributed by atoms with Crippen molar-refractivity contribution in [2.75, 3.05) is 13.2 Å². The summed E-state index contributed by atoms with van der Waals surface area (Å²) < 4.78 is 34.2. The first kappa shape index (κ1) is 25.2. The molecular weight excluding hydrogens is 474 g/mol. The molecule has 1 saturated heterocycles. The molecule has 0 spiro atoms. The standard InChI is InChI=1S/C25H34ClN3O4S/c1-18(2)29-22(14-27-25(29)34(31,32)17-19-7-5-10-21(26)13-19)15-28(16-23-11-6-12-33-23)24(30)20-8-3-4-9-20/h5,7,10,13-14,18,20,23H,3-4,6,8-9,11-12,15-17H2,1-2H3/t23-/m0/s1. The molecule has 0 unspecified atom stereocenters. The van der Waals surface area contributed by atoms with E-state index in [4.69, 9.17) is 16.3 Å². The van der Waals surface area contributed by atoms with Crippen molar-refractivity contribution < 1.29 is 17.9 Å². The van der Waals surface area contributed by atoms with E-state index in [1.165, 1.54) is 0 Å². The van der Waals surface area contributed by atoms with Gasteiger partial charge in [-0.2, -0.15) is 0 Å². The summed E-state index contributed by atoms with van der Waals surface area (Å²) in [6.07, 6.45) is 7.60. The van der Waals surface area contributed by atoms with Crippen LogP contribution in [0.4, 0.5) is 0 Å². The van der Waals surface area contributed by atoms with Crippen LogP contribution in [0.2, 0.25) is 5.02 Å². The second kappa shape index (κ2) is 10.8. The molecule has 2 fully saturated rings. The molecule has 2 aromatic rings. The van der Waals surface area contributed by atoms with Gasteiger partial charge >= 0.3 is 0 Å². The maximum absolute atomic E-state index is 13.4. The average Bonchev–Trinajstić information content (AvgIpc) is 3.54. The fourth-order valence-electron chi connectivity index (χ4n) is 5.08. The summed E-state index contributed by atoms with van der Waals surface area (Å²) in [4.78, 5) is 19.6. The number of hydrogen-bond donors (Lipinski definition) is 0. The van der Waals surface area contributed by atoms with Crippen molar-refractivity contribution in [2.24, 2.45) is 5.92 Å². The molecular formula is C25H34ClN3O4S. The molecule has 1 atom stereocenters. The van der Waals surface area contributed by atoms with Crippen LogP contribution < -0.4 is 0 Å². The Labute approximate surface area is 207 Å². The molecule has 1 saturated carbocycles. The molecule has 1 aliphatic heterocycles. The monoisotopic (exact) mass is 507 g/mol. The Balaban J connectivity index is 1.61. The number of rotatable bonds is 9. The lowest BCUT2D eigenvalue weighted by Crippen LogP contribution is -2.40. The lowest BCUT2D eigenvalue weighted by molar-refractivity contribution is -0.137. The van der Waals surface area contributed by atoms with Gasteiger partial charge in [0.25, 0.3) is 0 Å². The van der Waals surface area contributed by atoms with Gasteiger partial charge in [0.05, 0.1) is 30.3 Å². The normalized spacial score (nSPS) is 19.2. The van der Waals surface area contributed by atoms with Gasteiger partial charge in [-0.05, 0) is 57.2 Å². The number of carbonyl (C=O) groups excluding carboxylic acids is 1. The first-order chi connectivity index (χ1) is 16.2. The fraction of sp³-hybridized carbons (Fsp3) is 0.600. The average molecular weight is 508 g/mol. The molecule has 2 heterocycles. The first-order valence-electron chi connectivity index (χ1n) is 12.2. The highest BCUT2D eigenvalue weighted by Crippen LogP contribution is 2.29. The highest BCUT2D eigenvalue weighted by Gasteiger charge is 2.32. The summed E-state index contributed by atoms with van der Waals surface area (Å²) in [7, 11) is -3.71. The van der Waals surface area contributed by atoms with E-state index < -0.39 is 9.84 Å². The maximum atomic E-state index is 13.4. The number of imidazole rings is 1. The molecule has 0 N–H and O–H groups in total. The number of amides is 1. The lowest BCUT2D eigenvalue weighted by Gasteiger charge is -2.29. The van der Waals surface area contributed by atoms with Crippen molar-refractivity contribution in [3.63, 3.8) is 0 Å². The summed E-state index contributed by atoms with van der Waals surface area (Å²) in [6.45, 7) is 5.46. The molecule has 186 valence electrons. The van der Waals surface area contributed by atoms with Crippen molar-refractivity contribution in [3.05, 3.63) is 46.7 Å². The molecule has 1 aromatic heterocycles. The van der Waals surface area contributed by atoms with Crippen LogP contribution in [0.15, 0.2) is 35.6 Å². The number of ether oxygens (including phenoxy) is 1. The summed E-state index contributed by atoms with van der Waals surface area (Å²) >= 11 is 6.05. The zero-order valence-corrected chi connectivity index (χ0v) is 21.5. The first-order valence-corrected chi connectivity index (χ1v) is 14.2. The van der Waals surface area contributed by atoms with Crippen molar-refractivity contribution >= 4 is 27.3 Å². The lowest BCUT2D eigenvalue weighted by atomic mass is 10.1. The van der Waals surface area contributed by atoms with E-state index in [1.54, 1.807) is 35.0 Å². The SMILES string of the molecule is CC(C)n1c(CN(C[C@@H]2CCCO2)C(=O)C2CCCC2)cnc1S(=O)(=O)Cc1cccc(Cl)c1. The molecule has 1 aliphatic carbocycles. The Hall–Kier alpha value is -1.90. The fourth-order valence-corrected chi connectivity index (χ4v) is 6.88. The van der Waals surface area contributed by atoms with Gasteiger partial charge in [-0.15, -0.1) is 0 Å². The largest absolute Gasteiger partial charge is 0.376 e. The van der Waals surface area contributed by atoms with Crippen molar-refractivity contribution in [1.82, 2.24) is 14.5 Å². The van der Waals surface area contributed by atoms with E-state index in [1.807, 2.05) is 18.7 Å². The van der Waals surface area contributed by atoms with Gasteiger partial charge in [-0.25, -0.2) is 13.4 Å². The summed E-state index contributed by atoms with van der Waals surface area (Å²) in [5, 5.41) is 0.527. The smallest absolute Gasteiger partial charge is 0.228 e. The minimum Gasteiger partial charge on any atom is -0.376 e. The number of aromatic nitrogens is 2. The predicted molar refractivity (Wildman–Crippen MR) is 131 cm³/mol. The Morgan fingerprint density at radius 2 is 2.00 bits per heavy atom. The van der Waals surface area contributed by atoms with Crippen molar-refractivity contribution in [3.8, 4) is 0 Å². The molecule has 34 heavy (non-hydrogen) atoms. The predicted octanol–water partition coefficient (Wildman–Crippen LogP) is 4.79. The van der Waals surface area contributed by atoms with Gasteiger partial charge in [0.1, 0.15) is 0 Å². The van der Waals surface area contributed by atoms with Gasteiger partial charge in [0, 0.05) is 30.1 Å². The molecule has 1 aromatic carbocycles. The summed E-state index contributed by atoms with van der Waals surface area (Å²) in [5.74, 6) is 0.00729. The number of carbonyl (C=O) groups is 1. The second-order valence-electron chi connectivity index (χ2n) is 9.72. The number of hydrogen-bond acceptors (Lipinski definition) is 5. The van der Waals surface area contributed by atoms with E-state index in [0.717, 1.165) is 50.8 Å². The highest BCUT2D eigenvalue weighted by molar-refractivity contribution is 7.90. The quantitative estimate of drug-likeness (QED) is 0.487. The maximum Gasteiger partial charge on any atom is 0.228 e. The van der Waals surface area contributed by atoms with E-state index in [2.05, 4.69) is 4.98 Å². The van der Waals surface area contributed by atoms with Crippen LogP contribution in [-0.2, 0) is 31.7 Å². The van der Waals surface area contributed by atoms with Crippen LogP contribution in [0, 0.1) is 5.92 Å². The van der Waals surface area contributed by atoms with Crippen LogP contribution in [-0.4, -0.2) is 48.0 Å². The summed E-state index contributed by atoms with van der Waals surface area (Å²) in [6, 6.07) is 6.73. The molecule has 1 amide bonds. The topological polar surface area (TPSA) is 81.5 Å². The van der Waals surface area contributed by atoms with Gasteiger partial charge in [-0.3, -0.25) is 4.79 Å². The van der Waals surface area contributed by atoms with Crippen LogP contribution in [0.25, 0.3) is 0 Å². The molecule has 2 aliphatic rings. The number of nitrogens with zero attached hydrogens (tertiary/aromatic N) is 3. The van der Waals surface area contributed by atoms with Crippen LogP contribution >= 0.6 is 11.6 Å². The zero-order chi connectivity index (χ0) is 24.3.